The van der Waals surface area contributed by atoms with Crippen molar-refractivity contribution in [3.63, 3.8) is 0 Å². The van der Waals surface area contributed by atoms with Gasteiger partial charge in [0, 0.05) is 6.42 Å². The van der Waals surface area contributed by atoms with E-state index in [1.807, 2.05) is 0 Å². The van der Waals surface area contributed by atoms with Crippen LogP contribution in [0.3, 0.4) is 0 Å². The Labute approximate surface area is 227 Å². The standard InChI is InChI=1S/C34H66O2/c1-3-5-7-9-11-13-15-17-18-19-21-23-25-27-29-31-33-36-34(35)32-30-28-26-24-22-20-16-14-12-10-8-6-4-2/h14,16H,3-13,15,17-33H2,1-2H3/b16-14-. The highest BCUT2D eigenvalue weighted by atomic mass is 16.5. The van der Waals surface area contributed by atoms with Crippen LogP contribution < -0.4 is 0 Å². The molecule has 0 spiro atoms. The summed E-state index contributed by atoms with van der Waals surface area (Å²) in [7, 11) is 0. The average molecular weight is 507 g/mol. The summed E-state index contributed by atoms with van der Waals surface area (Å²) < 4.78 is 5.42. The minimum Gasteiger partial charge on any atom is -0.466 e. The molecule has 0 saturated carbocycles. The number of rotatable bonds is 30. The van der Waals surface area contributed by atoms with Gasteiger partial charge in [0.2, 0.25) is 0 Å². The van der Waals surface area contributed by atoms with Crippen LogP contribution in [0.25, 0.3) is 0 Å². The van der Waals surface area contributed by atoms with Crippen molar-refractivity contribution in [1.82, 2.24) is 0 Å². The highest BCUT2D eigenvalue weighted by molar-refractivity contribution is 5.69. The van der Waals surface area contributed by atoms with E-state index in [0.717, 1.165) is 19.3 Å². The fourth-order valence-electron chi connectivity index (χ4n) is 4.89. The number of hydrogen-bond donors (Lipinski definition) is 0. The second kappa shape index (κ2) is 32.2. The van der Waals surface area contributed by atoms with E-state index >= 15 is 0 Å². The van der Waals surface area contributed by atoms with Crippen LogP contribution in [-0.4, -0.2) is 12.6 Å². The fraction of sp³-hybridized carbons (Fsp3) is 0.912. The second-order valence-corrected chi connectivity index (χ2v) is 11.2. The van der Waals surface area contributed by atoms with Crippen LogP contribution >= 0.6 is 0 Å². The Morgan fingerprint density at radius 3 is 1.22 bits per heavy atom. The third kappa shape index (κ3) is 31.2. The van der Waals surface area contributed by atoms with Gasteiger partial charge >= 0.3 is 5.97 Å². The van der Waals surface area contributed by atoms with Crippen molar-refractivity contribution >= 4 is 5.97 Å². The normalized spacial score (nSPS) is 11.5. The summed E-state index contributed by atoms with van der Waals surface area (Å²) in [6.07, 6.45) is 41.2. The Kier molecular flexibility index (Phi) is 31.5. The van der Waals surface area contributed by atoms with Crippen molar-refractivity contribution in [1.29, 1.82) is 0 Å². The van der Waals surface area contributed by atoms with Gasteiger partial charge in [0.05, 0.1) is 6.61 Å². The molecule has 0 N–H and O–H groups in total. The first kappa shape index (κ1) is 35.2. The van der Waals surface area contributed by atoms with Crippen molar-refractivity contribution < 1.29 is 9.53 Å². The van der Waals surface area contributed by atoms with Gasteiger partial charge in [0.1, 0.15) is 0 Å². The second-order valence-electron chi connectivity index (χ2n) is 11.2. The largest absolute Gasteiger partial charge is 0.466 e. The van der Waals surface area contributed by atoms with Crippen LogP contribution in [0.2, 0.25) is 0 Å². The van der Waals surface area contributed by atoms with Crippen LogP contribution in [0.15, 0.2) is 12.2 Å². The molecule has 0 radical (unpaired) electrons. The lowest BCUT2D eigenvalue weighted by Gasteiger charge is -2.05. The van der Waals surface area contributed by atoms with Gasteiger partial charge in [0.15, 0.2) is 0 Å². The minimum absolute atomic E-state index is 0.0157. The molecule has 0 aromatic carbocycles. The maximum absolute atomic E-state index is 11.9. The summed E-state index contributed by atoms with van der Waals surface area (Å²) in [5, 5.41) is 0. The third-order valence-corrected chi connectivity index (χ3v) is 7.40. The molecule has 0 unspecified atom stereocenters. The molecule has 0 aromatic heterocycles. The van der Waals surface area contributed by atoms with Crippen molar-refractivity contribution in [3.05, 3.63) is 12.2 Å². The number of ether oxygens (including phenoxy) is 1. The molecule has 0 atom stereocenters. The Bertz CT molecular complexity index is 442. The van der Waals surface area contributed by atoms with Crippen LogP contribution in [0.1, 0.15) is 194 Å². The van der Waals surface area contributed by atoms with Gasteiger partial charge in [-0.25, -0.2) is 0 Å². The van der Waals surface area contributed by atoms with Crippen molar-refractivity contribution in [2.75, 3.05) is 6.61 Å². The molecule has 0 aromatic rings. The first-order valence-corrected chi connectivity index (χ1v) is 16.6. The molecule has 0 rings (SSSR count). The Morgan fingerprint density at radius 2 is 0.778 bits per heavy atom. The molecule has 0 bridgehead atoms. The van der Waals surface area contributed by atoms with Crippen LogP contribution in [0, 0.1) is 0 Å². The van der Waals surface area contributed by atoms with Crippen molar-refractivity contribution in [2.45, 2.75) is 194 Å². The average Bonchev–Trinajstić information content (AvgIpc) is 2.88. The molecule has 0 fully saturated rings. The lowest BCUT2D eigenvalue weighted by atomic mass is 10.0. The molecular weight excluding hydrogens is 440 g/mol. The Hall–Kier alpha value is -0.790. The molecule has 214 valence electrons. The lowest BCUT2D eigenvalue weighted by Crippen LogP contribution is -2.05. The Balaban J connectivity index is 3.17. The zero-order valence-corrected chi connectivity index (χ0v) is 25.0. The van der Waals surface area contributed by atoms with Gasteiger partial charge in [-0.3, -0.25) is 4.79 Å². The predicted octanol–water partition coefficient (Wildman–Crippen LogP) is 12.0. The number of esters is 1. The molecule has 0 aliphatic heterocycles. The van der Waals surface area contributed by atoms with Crippen molar-refractivity contribution in [3.8, 4) is 0 Å². The molecule has 2 heteroatoms. The number of allylic oxidation sites excluding steroid dienone is 2. The van der Waals surface area contributed by atoms with Gasteiger partial charge in [-0.2, -0.15) is 0 Å². The van der Waals surface area contributed by atoms with E-state index < -0.39 is 0 Å². The summed E-state index contributed by atoms with van der Waals surface area (Å²) in [5.74, 6) is 0.0157. The van der Waals surface area contributed by atoms with Gasteiger partial charge < -0.3 is 4.74 Å². The van der Waals surface area contributed by atoms with E-state index in [1.54, 1.807) is 0 Å². The number of carbonyl (C=O) groups excluding carboxylic acids is 1. The molecule has 0 amide bonds. The molecule has 0 aliphatic carbocycles. The third-order valence-electron chi connectivity index (χ3n) is 7.40. The molecule has 0 saturated heterocycles. The first-order chi connectivity index (χ1) is 17.8. The zero-order valence-electron chi connectivity index (χ0n) is 25.0. The summed E-state index contributed by atoms with van der Waals surface area (Å²) in [5.41, 5.74) is 0. The summed E-state index contributed by atoms with van der Waals surface area (Å²) in [4.78, 5) is 11.9. The maximum Gasteiger partial charge on any atom is 0.305 e. The fourth-order valence-corrected chi connectivity index (χ4v) is 4.89. The molecular formula is C34H66O2. The van der Waals surface area contributed by atoms with Crippen molar-refractivity contribution in [2.24, 2.45) is 0 Å². The Morgan fingerprint density at radius 1 is 0.444 bits per heavy atom. The van der Waals surface area contributed by atoms with E-state index in [9.17, 15) is 4.79 Å². The monoisotopic (exact) mass is 507 g/mol. The minimum atomic E-state index is 0.0157. The first-order valence-electron chi connectivity index (χ1n) is 16.6. The SMILES string of the molecule is CCCCCC/C=C\CCCCCCCC(=O)OCCCCCCCCCCCCCCCCCC. The zero-order chi connectivity index (χ0) is 26.2. The lowest BCUT2D eigenvalue weighted by molar-refractivity contribution is -0.143. The highest BCUT2D eigenvalue weighted by Crippen LogP contribution is 2.14. The van der Waals surface area contributed by atoms with E-state index in [4.69, 9.17) is 4.74 Å². The number of hydrogen-bond acceptors (Lipinski definition) is 2. The van der Waals surface area contributed by atoms with E-state index in [2.05, 4.69) is 26.0 Å². The predicted molar refractivity (Wildman–Crippen MR) is 161 cm³/mol. The number of carbonyl (C=O) groups is 1. The molecule has 2 nitrogen and oxygen atoms in total. The van der Waals surface area contributed by atoms with Gasteiger partial charge in [-0.15, -0.1) is 0 Å². The van der Waals surface area contributed by atoms with Gasteiger partial charge in [-0.05, 0) is 38.5 Å². The molecule has 0 aliphatic rings. The number of unbranched alkanes of at least 4 members (excludes halogenated alkanes) is 24. The summed E-state index contributed by atoms with van der Waals surface area (Å²) in [6.45, 7) is 5.18. The maximum atomic E-state index is 11.9. The molecule has 0 heterocycles. The topological polar surface area (TPSA) is 26.3 Å². The smallest absolute Gasteiger partial charge is 0.305 e. The van der Waals surface area contributed by atoms with Crippen LogP contribution in [-0.2, 0) is 9.53 Å². The quantitative estimate of drug-likeness (QED) is 0.0550. The van der Waals surface area contributed by atoms with E-state index in [-0.39, 0.29) is 5.97 Å². The van der Waals surface area contributed by atoms with E-state index in [1.165, 1.54) is 154 Å². The van der Waals surface area contributed by atoms with Crippen LogP contribution in [0.5, 0.6) is 0 Å². The summed E-state index contributed by atoms with van der Waals surface area (Å²) >= 11 is 0. The summed E-state index contributed by atoms with van der Waals surface area (Å²) in [6, 6.07) is 0. The van der Waals surface area contributed by atoms with Gasteiger partial charge in [-0.1, -0.05) is 161 Å². The van der Waals surface area contributed by atoms with Crippen LogP contribution in [0.4, 0.5) is 0 Å². The highest BCUT2D eigenvalue weighted by Gasteiger charge is 2.02. The van der Waals surface area contributed by atoms with E-state index in [0.29, 0.717) is 13.0 Å². The van der Waals surface area contributed by atoms with Gasteiger partial charge in [0.25, 0.3) is 0 Å². The molecule has 36 heavy (non-hydrogen) atoms.